The van der Waals surface area contributed by atoms with Crippen LogP contribution in [-0.4, -0.2) is 141 Å². The number of carbonyl (C=O) groups is 10. The second-order valence-electron chi connectivity index (χ2n) is 12.1. The third-order valence-electron chi connectivity index (χ3n) is 8.47. The van der Waals surface area contributed by atoms with Crippen LogP contribution in [0.25, 0.3) is 0 Å². The molecule has 4 heterocycles. The number of hydrogen-bond donors (Lipinski definition) is 5. The summed E-state index contributed by atoms with van der Waals surface area (Å²) in [5.41, 5.74) is 1.89. The Morgan fingerprint density at radius 3 is 2.39 bits per heavy atom. The molecule has 2 fully saturated rings. The predicted octanol–water partition coefficient (Wildman–Crippen LogP) is -3.32. The van der Waals surface area contributed by atoms with Crippen molar-refractivity contribution in [3.8, 4) is 11.5 Å². The highest BCUT2D eigenvalue weighted by Gasteiger charge is 2.66. The first-order valence-electron chi connectivity index (χ1n) is 16.4. The lowest BCUT2D eigenvalue weighted by molar-refractivity contribution is -0.162. The topological polar surface area (TPSA) is 325 Å². The highest BCUT2D eigenvalue weighted by molar-refractivity contribution is 8.00. The molecule has 1 aromatic heterocycles. The summed E-state index contributed by atoms with van der Waals surface area (Å²) in [6.45, 7) is 3.08. The largest absolute Gasteiger partial charge is 0.477 e. The number of likely N-dealkylation sites (N-methyl/N-ethyl adjacent to an activating group) is 1. The molecule has 300 valence electrons. The van der Waals surface area contributed by atoms with Gasteiger partial charge in [0.25, 0.3) is 5.91 Å². The Bertz CT molecular complexity index is 2180. The number of β-lactam (4-membered cyclic amide) rings is 1. The lowest BCUT2D eigenvalue weighted by atomic mass is 9.93. The minimum atomic E-state index is -2.37. The molecule has 5 rings (SSSR count). The van der Waals surface area contributed by atoms with Crippen molar-refractivity contribution in [3.05, 3.63) is 40.9 Å². The zero-order valence-electron chi connectivity index (χ0n) is 29.9. The number of aliphatic carboxylic acids is 1. The number of esters is 2. The number of carbonyl (C=O) groups excluding carboxylic acids is 9. The average Bonchev–Trinajstić information content (AvgIpc) is 3.61. The van der Waals surface area contributed by atoms with Crippen molar-refractivity contribution in [1.29, 1.82) is 0 Å². The van der Waals surface area contributed by atoms with Crippen LogP contribution in [-0.2, 0) is 49.7 Å². The van der Waals surface area contributed by atoms with Crippen LogP contribution in [0, 0.1) is 0 Å². The van der Waals surface area contributed by atoms with Gasteiger partial charge in [0.2, 0.25) is 23.9 Å². The van der Waals surface area contributed by atoms with Gasteiger partial charge in [-0.3, -0.25) is 48.2 Å². The Labute approximate surface area is 329 Å². The van der Waals surface area contributed by atoms with Crippen LogP contribution in [0.3, 0.4) is 0 Å². The molecule has 0 aliphatic carbocycles. The molecule has 3 atom stereocenters. The van der Waals surface area contributed by atoms with E-state index in [0.29, 0.717) is 4.90 Å². The zero-order valence-corrected chi connectivity index (χ0v) is 31.5. The summed E-state index contributed by atoms with van der Waals surface area (Å²) < 4.78 is 11.2. The molecule has 26 heteroatoms. The molecule has 8 amide bonds. The molecule has 57 heavy (non-hydrogen) atoms. The highest BCUT2D eigenvalue weighted by atomic mass is 32.2. The summed E-state index contributed by atoms with van der Waals surface area (Å²) in [6.07, 6.45) is 0.0656. The number of carboxylic acid groups (broad SMARTS) is 1. The first kappa shape index (κ1) is 41.3. The van der Waals surface area contributed by atoms with Crippen molar-refractivity contribution in [2.24, 2.45) is 5.73 Å². The molecule has 2 aromatic rings. The number of piperazine rings is 1. The Morgan fingerprint density at radius 1 is 1.09 bits per heavy atom. The lowest BCUT2D eigenvalue weighted by Gasteiger charge is -2.56. The normalized spacial score (nSPS) is 19.5. The number of thioether (sulfide) groups is 1. The number of thiocarbonyl (C=S) groups is 1. The number of aromatic nitrogens is 4. The molecule has 0 spiro atoms. The number of benzene rings is 1. The summed E-state index contributed by atoms with van der Waals surface area (Å²) in [5.74, 6) is -9.92. The van der Waals surface area contributed by atoms with Gasteiger partial charge in [-0.25, -0.2) is 14.3 Å². The molecule has 2 saturated heterocycles. The lowest BCUT2D eigenvalue weighted by Crippen LogP contribution is -2.85. The quantitative estimate of drug-likeness (QED) is 0.0182. The van der Waals surface area contributed by atoms with Gasteiger partial charge >= 0.3 is 35.8 Å². The van der Waals surface area contributed by atoms with E-state index >= 15 is 0 Å². The number of amides is 8. The summed E-state index contributed by atoms with van der Waals surface area (Å²) in [6, 6.07) is 0.193. The van der Waals surface area contributed by atoms with Crippen molar-refractivity contribution in [2.75, 3.05) is 25.4 Å². The van der Waals surface area contributed by atoms with E-state index in [1.165, 1.54) is 11.0 Å². The summed E-state index contributed by atoms with van der Waals surface area (Å²) in [4.78, 5) is 130. The van der Waals surface area contributed by atoms with E-state index in [2.05, 4.69) is 31.5 Å². The van der Waals surface area contributed by atoms with E-state index in [1.807, 2.05) is 0 Å². The SMILES string of the molecule is CCN1CCN(C(=O)NC(C(=O)N[C@]2(NC=O)C(=O)N3C(C(=O)O)=C(C(=S)c4nnnn4CC(N)=O)CS[C@H]32)c2ccc(OC(C)=O)c(OC(C)=O)c2)C(=O)C1=O. The molecule has 6 N–H and O–H groups in total. The number of hydrogen-bond acceptors (Lipinski definition) is 17. The third-order valence-corrected chi connectivity index (χ3v) is 10.2. The first-order valence-corrected chi connectivity index (χ1v) is 17.9. The minimum Gasteiger partial charge on any atom is -0.477 e. The van der Waals surface area contributed by atoms with Gasteiger partial charge in [0.15, 0.2) is 17.3 Å². The average molecular weight is 830 g/mol. The van der Waals surface area contributed by atoms with E-state index in [9.17, 15) is 53.1 Å². The van der Waals surface area contributed by atoms with Crippen molar-refractivity contribution < 1.29 is 62.5 Å². The molecule has 3 aliphatic rings. The van der Waals surface area contributed by atoms with Crippen LogP contribution in [0.15, 0.2) is 29.5 Å². The second kappa shape index (κ2) is 16.5. The molecule has 0 saturated carbocycles. The van der Waals surface area contributed by atoms with Gasteiger partial charge in [-0.15, -0.1) is 16.9 Å². The summed E-state index contributed by atoms with van der Waals surface area (Å²) in [5, 5.41) is 26.7. The summed E-state index contributed by atoms with van der Waals surface area (Å²) >= 11 is 6.31. The molecular formula is C31H31N11O13S2. The Kier molecular flexibility index (Phi) is 12.0. The predicted molar refractivity (Wildman–Crippen MR) is 191 cm³/mol. The second-order valence-corrected chi connectivity index (χ2v) is 13.6. The van der Waals surface area contributed by atoms with Crippen LogP contribution in [0.1, 0.15) is 38.2 Å². The fourth-order valence-corrected chi connectivity index (χ4v) is 7.82. The van der Waals surface area contributed by atoms with Crippen molar-refractivity contribution in [2.45, 2.75) is 44.4 Å². The van der Waals surface area contributed by atoms with E-state index < -0.39 is 82.8 Å². The van der Waals surface area contributed by atoms with Crippen LogP contribution in [0.4, 0.5) is 4.79 Å². The fourth-order valence-electron chi connectivity index (χ4n) is 5.98. The van der Waals surface area contributed by atoms with Crippen LogP contribution < -0.4 is 31.2 Å². The molecular weight excluding hydrogens is 799 g/mol. The number of imide groups is 1. The maximum atomic E-state index is 14.3. The number of nitrogens with zero attached hydrogens (tertiary/aromatic N) is 7. The number of nitrogens with one attached hydrogen (secondary N) is 3. The van der Waals surface area contributed by atoms with Gasteiger partial charge in [-0.1, -0.05) is 18.3 Å². The van der Waals surface area contributed by atoms with E-state index in [1.54, 1.807) is 6.92 Å². The zero-order chi connectivity index (χ0) is 41.9. The number of carboxylic acids is 1. The third kappa shape index (κ3) is 7.97. The standard InChI is InChI=1S/C31H31N11O13S2/c1-4-39-7-8-40(26(49)25(39)48)30(53)34-20(15-5-6-17(54-13(2)44)18(9-15)55-14(3)45)24(47)35-31(33-12-43)28(52)42-21(27(50)51)16(11-57-29(31)42)22(56)23-36-37-38-41(23)10-19(32)46/h5-6,9,12,20,29H,4,7-8,10-11H2,1-3H3,(H2,32,46)(H,33,43)(H,34,53)(H,35,47)(H,50,51)/t20?,29-,31+/m0/s1. The van der Waals surface area contributed by atoms with Gasteiger partial charge in [0.1, 0.15) is 23.7 Å². The van der Waals surface area contributed by atoms with Gasteiger partial charge in [-0.05, 0) is 35.0 Å². The first-order chi connectivity index (χ1) is 26.9. The number of rotatable bonds is 14. The van der Waals surface area contributed by atoms with E-state index in [-0.39, 0.29) is 65.1 Å². The maximum absolute atomic E-state index is 14.3. The van der Waals surface area contributed by atoms with Gasteiger partial charge in [0, 0.05) is 44.8 Å². The fraction of sp³-hybridized carbons (Fsp3) is 0.355. The number of ether oxygens (including phenoxy) is 2. The summed E-state index contributed by atoms with van der Waals surface area (Å²) in [7, 11) is 0. The minimum absolute atomic E-state index is 0.0282. The highest BCUT2D eigenvalue weighted by Crippen LogP contribution is 2.46. The number of primary amides is 1. The number of tetrazole rings is 1. The van der Waals surface area contributed by atoms with Gasteiger partial charge < -0.3 is 41.2 Å². The smallest absolute Gasteiger partial charge is 0.353 e. The molecule has 3 aliphatic heterocycles. The Hall–Kier alpha value is -6.83. The van der Waals surface area contributed by atoms with Gasteiger partial charge in [-0.2, -0.15) is 0 Å². The van der Waals surface area contributed by atoms with Crippen LogP contribution in [0.2, 0.25) is 0 Å². The number of fused-ring (bicyclic) bond motifs is 1. The van der Waals surface area contributed by atoms with E-state index in [0.717, 1.165) is 47.3 Å². The van der Waals surface area contributed by atoms with Crippen LogP contribution >= 0.6 is 24.0 Å². The molecule has 0 radical (unpaired) electrons. The van der Waals surface area contributed by atoms with Crippen LogP contribution in [0.5, 0.6) is 11.5 Å². The molecule has 24 nitrogen and oxygen atoms in total. The molecule has 1 unspecified atom stereocenters. The molecule has 1 aromatic carbocycles. The van der Waals surface area contributed by atoms with Gasteiger partial charge in [0.05, 0.1) is 4.86 Å². The van der Waals surface area contributed by atoms with Crippen molar-refractivity contribution in [1.82, 2.24) is 50.9 Å². The van der Waals surface area contributed by atoms with E-state index in [4.69, 9.17) is 27.4 Å². The number of urea groups is 1. The monoisotopic (exact) mass is 829 g/mol. The maximum Gasteiger partial charge on any atom is 0.353 e. The van der Waals surface area contributed by atoms with Crippen molar-refractivity contribution >= 4 is 88.7 Å². The number of nitrogens with two attached hydrogens (primary N) is 1. The Balaban J connectivity index is 1.53. The Morgan fingerprint density at radius 2 is 1.77 bits per heavy atom. The van der Waals surface area contributed by atoms with Crippen molar-refractivity contribution in [3.63, 3.8) is 0 Å². The molecule has 0 bridgehead atoms.